The predicted molar refractivity (Wildman–Crippen MR) is 50.1 cm³/mol. The number of hydrogen-bond donors (Lipinski definition) is 2. The van der Waals surface area contributed by atoms with Gasteiger partial charge in [-0.25, -0.2) is 4.79 Å². The van der Waals surface area contributed by atoms with E-state index in [-0.39, 0.29) is 17.7 Å². The van der Waals surface area contributed by atoms with E-state index in [0.717, 1.165) is 0 Å². The lowest BCUT2D eigenvalue weighted by atomic mass is 10.2. The monoisotopic (exact) mass is 231 g/mol. The van der Waals surface area contributed by atoms with Crippen LogP contribution in [0.1, 0.15) is 12.8 Å². The molecule has 1 amide bonds. The third-order valence-electron chi connectivity index (χ3n) is 2.24. The molecule has 2 aliphatic heterocycles. The fourth-order valence-electron chi connectivity index (χ4n) is 1.49. The number of aliphatic carboxylic acids is 1. The van der Waals surface area contributed by atoms with Crippen LogP contribution in [-0.2, 0) is 19.1 Å². The number of carbonyl (C=O) groups excluding carboxylic acids is 2. The number of carboxylic acids is 1. The fraction of sp³-hybridized carbons (Fsp3) is 0.625. The maximum Gasteiger partial charge on any atom is 0.346 e. The molecule has 7 heteroatoms. The summed E-state index contributed by atoms with van der Waals surface area (Å²) in [5, 5.41) is 10.9. The molecule has 2 aliphatic rings. The Hall–Kier alpha value is -1.24. The van der Waals surface area contributed by atoms with Gasteiger partial charge < -0.3 is 15.2 Å². The van der Waals surface area contributed by atoms with Crippen molar-refractivity contribution in [2.75, 3.05) is 0 Å². The summed E-state index contributed by atoms with van der Waals surface area (Å²) in [4.78, 5) is 32.3. The molecule has 2 fully saturated rings. The molecule has 0 radical (unpaired) electrons. The van der Waals surface area contributed by atoms with Crippen molar-refractivity contribution in [1.29, 1.82) is 0 Å². The maximum absolute atomic E-state index is 10.9. The first-order valence-corrected chi connectivity index (χ1v) is 5.37. The summed E-state index contributed by atoms with van der Waals surface area (Å²) in [6.07, 6.45) is -0.615. The van der Waals surface area contributed by atoms with E-state index < -0.39 is 23.3 Å². The number of amides is 1. The van der Waals surface area contributed by atoms with Crippen LogP contribution in [0.25, 0.3) is 0 Å². The topological polar surface area (TPSA) is 92.7 Å². The zero-order valence-corrected chi connectivity index (χ0v) is 8.45. The van der Waals surface area contributed by atoms with Crippen LogP contribution in [0.3, 0.4) is 0 Å². The van der Waals surface area contributed by atoms with Gasteiger partial charge in [0.2, 0.25) is 12.0 Å². The lowest BCUT2D eigenvalue weighted by Crippen LogP contribution is -2.48. The minimum Gasteiger partial charge on any atom is -0.478 e. The first-order chi connectivity index (χ1) is 7.06. The number of hydrogen-bond acceptors (Lipinski definition) is 5. The molecule has 0 aliphatic carbocycles. The number of rotatable bonds is 3. The summed E-state index contributed by atoms with van der Waals surface area (Å²) >= 11 is 1.28. The number of carbonyl (C=O) groups is 3. The predicted octanol–water partition coefficient (Wildman–Crippen LogP) is -0.666. The van der Waals surface area contributed by atoms with Crippen molar-refractivity contribution >= 4 is 29.6 Å². The van der Waals surface area contributed by atoms with E-state index in [2.05, 4.69) is 10.1 Å². The summed E-state index contributed by atoms with van der Waals surface area (Å²) in [5.41, 5.74) is 0. The summed E-state index contributed by atoms with van der Waals surface area (Å²) < 4.78 is 4.66. The van der Waals surface area contributed by atoms with Crippen LogP contribution in [-0.4, -0.2) is 39.7 Å². The largest absolute Gasteiger partial charge is 0.478 e. The normalized spacial score (nSPS) is 34.3. The molecule has 3 unspecified atom stereocenters. The van der Waals surface area contributed by atoms with Crippen LogP contribution < -0.4 is 5.32 Å². The molecule has 15 heavy (non-hydrogen) atoms. The van der Waals surface area contributed by atoms with Crippen molar-refractivity contribution < 1.29 is 24.2 Å². The van der Waals surface area contributed by atoms with E-state index in [1.807, 2.05) is 0 Å². The van der Waals surface area contributed by atoms with Gasteiger partial charge >= 0.3 is 11.9 Å². The van der Waals surface area contributed by atoms with Gasteiger partial charge in [0.25, 0.3) is 0 Å². The Morgan fingerprint density at radius 1 is 1.47 bits per heavy atom. The maximum atomic E-state index is 10.9. The van der Waals surface area contributed by atoms with Gasteiger partial charge in [0.05, 0.1) is 23.5 Å². The van der Waals surface area contributed by atoms with Crippen LogP contribution in [0.4, 0.5) is 0 Å². The second-order valence-electron chi connectivity index (χ2n) is 3.39. The van der Waals surface area contributed by atoms with E-state index in [1.165, 1.54) is 11.8 Å². The second kappa shape index (κ2) is 3.73. The third kappa shape index (κ3) is 2.06. The molecule has 0 aromatic carbocycles. The molecule has 2 rings (SSSR count). The average Bonchev–Trinajstić information content (AvgIpc) is 2.44. The van der Waals surface area contributed by atoms with Gasteiger partial charge in [-0.1, -0.05) is 0 Å². The highest BCUT2D eigenvalue weighted by molar-refractivity contribution is 8.00. The number of carboxylic acid groups (broad SMARTS) is 1. The number of β-lactam (4-membered cyclic amide) rings is 1. The van der Waals surface area contributed by atoms with Gasteiger partial charge in [0.15, 0.2) is 0 Å². The van der Waals surface area contributed by atoms with Crippen molar-refractivity contribution in [3.05, 3.63) is 0 Å². The van der Waals surface area contributed by atoms with Gasteiger partial charge in [-0.15, -0.1) is 11.8 Å². The van der Waals surface area contributed by atoms with E-state index in [1.54, 1.807) is 0 Å². The quantitative estimate of drug-likeness (QED) is 0.494. The molecule has 2 saturated heterocycles. The Morgan fingerprint density at radius 2 is 2.13 bits per heavy atom. The average molecular weight is 231 g/mol. The highest BCUT2D eigenvalue weighted by Crippen LogP contribution is 2.33. The van der Waals surface area contributed by atoms with Crippen LogP contribution in [0.15, 0.2) is 0 Å². The Bertz CT molecular complexity index is 323. The first kappa shape index (κ1) is 10.3. The van der Waals surface area contributed by atoms with Crippen molar-refractivity contribution in [3.63, 3.8) is 0 Å². The summed E-state index contributed by atoms with van der Waals surface area (Å²) in [7, 11) is 0. The Balaban J connectivity index is 1.92. The molecule has 3 atom stereocenters. The summed E-state index contributed by atoms with van der Waals surface area (Å²) in [6, 6.07) is 0. The lowest BCUT2D eigenvalue weighted by molar-refractivity contribution is -0.156. The van der Waals surface area contributed by atoms with Crippen molar-refractivity contribution in [2.24, 2.45) is 0 Å². The van der Waals surface area contributed by atoms with E-state index in [4.69, 9.17) is 5.11 Å². The molecular formula is C8H9NO5S. The standard InChI is InChI=1S/C8H9NO5S/c10-4-2-5(9-4)15-3-1-6(11)14-7(3)8(12)13/h3,5,7H,1-2H2,(H,9,10)(H,12,13). The number of thioether (sulfide) groups is 1. The van der Waals surface area contributed by atoms with Crippen molar-refractivity contribution in [1.82, 2.24) is 5.32 Å². The van der Waals surface area contributed by atoms with Crippen LogP contribution in [0.5, 0.6) is 0 Å². The molecule has 2 heterocycles. The van der Waals surface area contributed by atoms with Crippen molar-refractivity contribution in [2.45, 2.75) is 29.6 Å². The first-order valence-electron chi connectivity index (χ1n) is 4.43. The highest BCUT2D eigenvalue weighted by atomic mass is 32.2. The van der Waals surface area contributed by atoms with Gasteiger partial charge in [-0.05, 0) is 0 Å². The van der Waals surface area contributed by atoms with Gasteiger partial charge in [-0.2, -0.15) is 0 Å². The molecule has 0 aromatic rings. The highest BCUT2D eigenvalue weighted by Gasteiger charge is 2.43. The smallest absolute Gasteiger partial charge is 0.346 e. The molecule has 0 bridgehead atoms. The number of ether oxygens (including phenoxy) is 1. The van der Waals surface area contributed by atoms with Crippen molar-refractivity contribution in [3.8, 4) is 0 Å². The third-order valence-corrected chi connectivity index (χ3v) is 3.62. The summed E-state index contributed by atoms with van der Waals surface area (Å²) in [6.45, 7) is 0. The Labute approximate surface area is 89.3 Å². The molecular weight excluding hydrogens is 222 g/mol. The fourth-order valence-corrected chi connectivity index (χ4v) is 2.90. The van der Waals surface area contributed by atoms with Crippen LogP contribution >= 0.6 is 11.8 Å². The minimum absolute atomic E-state index is 0.0513. The second-order valence-corrected chi connectivity index (χ2v) is 4.83. The van der Waals surface area contributed by atoms with Crippen LogP contribution in [0, 0.1) is 0 Å². The van der Waals surface area contributed by atoms with Gasteiger partial charge in [-0.3, -0.25) is 9.59 Å². The van der Waals surface area contributed by atoms with E-state index in [9.17, 15) is 14.4 Å². The Kier molecular flexibility index (Phi) is 2.56. The number of cyclic esters (lactones) is 1. The van der Waals surface area contributed by atoms with E-state index >= 15 is 0 Å². The van der Waals surface area contributed by atoms with Crippen LogP contribution in [0.2, 0.25) is 0 Å². The zero-order valence-electron chi connectivity index (χ0n) is 7.63. The molecule has 6 nitrogen and oxygen atoms in total. The van der Waals surface area contributed by atoms with Gasteiger partial charge in [0.1, 0.15) is 0 Å². The minimum atomic E-state index is -1.14. The summed E-state index contributed by atoms with van der Waals surface area (Å²) in [5.74, 6) is -1.68. The number of esters is 1. The molecule has 82 valence electrons. The SMILES string of the molecule is O=C1CC(SC2CC(=O)OC2C(=O)O)N1. The molecule has 2 N–H and O–H groups in total. The van der Waals surface area contributed by atoms with Gasteiger partial charge in [0, 0.05) is 0 Å². The number of nitrogens with one attached hydrogen (secondary N) is 1. The zero-order chi connectivity index (χ0) is 11.0. The molecule has 0 saturated carbocycles. The lowest BCUT2D eigenvalue weighted by Gasteiger charge is -2.28. The molecule has 0 aromatic heterocycles. The molecule has 0 spiro atoms. The Morgan fingerprint density at radius 3 is 2.67 bits per heavy atom. The van der Waals surface area contributed by atoms with E-state index in [0.29, 0.717) is 6.42 Å².